The summed E-state index contributed by atoms with van der Waals surface area (Å²) in [5.74, 6) is 3.48. The second kappa shape index (κ2) is 8.63. The number of aromatic nitrogens is 3. The minimum Gasteiger partial charge on any atom is -0.497 e. The first-order chi connectivity index (χ1) is 15.0. The number of nitrogens with zero attached hydrogens (tertiary/aromatic N) is 3. The Morgan fingerprint density at radius 1 is 1.03 bits per heavy atom. The van der Waals surface area contributed by atoms with Crippen LogP contribution in [0.25, 0.3) is 22.3 Å². The van der Waals surface area contributed by atoms with E-state index in [0.29, 0.717) is 24.1 Å². The Kier molecular flexibility index (Phi) is 5.75. The quantitative estimate of drug-likeness (QED) is 0.433. The summed E-state index contributed by atoms with van der Waals surface area (Å²) in [4.78, 5) is 9.50. The number of para-hydroxylation sites is 1. The van der Waals surface area contributed by atoms with Gasteiger partial charge >= 0.3 is 0 Å². The zero-order valence-electron chi connectivity index (χ0n) is 18.4. The summed E-state index contributed by atoms with van der Waals surface area (Å²) in [5, 5.41) is 8.67. The molecule has 1 N–H and O–H groups in total. The van der Waals surface area contributed by atoms with Crippen LogP contribution in [0.2, 0.25) is 0 Å². The smallest absolute Gasteiger partial charge is 0.229 e. The molecule has 4 aromatic rings. The van der Waals surface area contributed by atoms with Crippen molar-refractivity contribution in [2.45, 2.75) is 33.2 Å². The third-order valence-corrected chi connectivity index (χ3v) is 5.16. The standard InChI is InChI=1S/C24H26N4O3/c1-14(2)24-27-23(28-31-24)19-12-16-8-6-7-15(3)21(16)26-22(19)25-13-17-11-18(29-4)9-10-20(17)30-5/h6-12,14H,13H2,1-5H3,(H,25,26). The average Bonchev–Trinajstić information content (AvgIpc) is 3.28. The van der Waals surface area contributed by atoms with E-state index in [1.165, 1.54) is 0 Å². The van der Waals surface area contributed by atoms with Crippen LogP contribution < -0.4 is 14.8 Å². The van der Waals surface area contributed by atoms with Gasteiger partial charge in [0.25, 0.3) is 0 Å². The van der Waals surface area contributed by atoms with Gasteiger partial charge < -0.3 is 19.3 Å². The van der Waals surface area contributed by atoms with Crippen molar-refractivity contribution in [3.8, 4) is 22.9 Å². The zero-order chi connectivity index (χ0) is 22.0. The van der Waals surface area contributed by atoms with Crippen molar-refractivity contribution >= 4 is 16.7 Å². The van der Waals surface area contributed by atoms with Gasteiger partial charge in [0, 0.05) is 23.4 Å². The molecule has 160 valence electrons. The van der Waals surface area contributed by atoms with Gasteiger partial charge in [-0.15, -0.1) is 0 Å². The van der Waals surface area contributed by atoms with Crippen molar-refractivity contribution < 1.29 is 14.0 Å². The highest BCUT2D eigenvalue weighted by atomic mass is 16.5. The monoisotopic (exact) mass is 418 g/mol. The Hall–Kier alpha value is -3.61. The summed E-state index contributed by atoms with van der Waals surface area (Å²) >= 11 is 0. The first-order valence-electron chi connectivity index (χ1n) is 10.2. The number of nitrogens with one attached hydrogen (secondary N) is 1. The zero-order valence-corrected chi connectivity index (χ0v) is 18.4. The van der Waals surface area contributed by atoms with E-state index in [0.717, 1.165) is 39.1 Å². The van der Waals surface area contributed by atoms with Crippen LogP contribution in [0.1, 0.15) is 36.8 Å². The Balaban J connectivity index is 1.77. The fraction of sp³-hybridized carbons (Fsp3) is 0.292. The molecule has 0 atom stereocenters. The summed E-state index contributed by atoms with van der Waals surface area (Å²) < 4.78 is 16.3. The molecule has 2 aromatic carbocycles. The molecular formula is C24H26N4O3. The lowest BCUT2D eigenvalue weighted by Gasteiger charge is -2.14. The fourth-order valence-electron chi connectivity index (χ4n) is 3.43. The van der Waals surface area contributed by atoms with Gasteiger partial charge in [-0.3, -0.25) is 0 Å². The minimum absolute atomic E-state index is 0.148. The van der Waals surface area contributed by atoms with E-state index < -0.39 is 0 Å². The second-order valence-corrected chi connectivity index (χ2v) is 7.67. The maximum absolute atomic E-state index is 5.51. The largest absolute Gasteiger partial charge is 0.497 e. The maximum Gasteiger partial charge on any atom is 0.229 e. The Bertz CT molecular complexity index is 1220. The van der Waals surface area contributed by atoms with Crippen molar-refractivity contribution in [1.29, 1.82) is 0 Å². The van der Waals surface area contributed by atoms with Crippen LogP contribution in [0.3, 0.4) is 0 Å². The second-order valence-electron chi connectivity index (χ2n) is 7.67. The predicted octanol–water partition coefficient (Wildman–Crippen LogP) is 5.35. The van der Waals surface area contributed by atoms with Gasteiger partial charge in [-0.05, 0) is 36.8 Å². The van der Waals surface area contributed by atoms with Gasteiger partial charge in [-0.25, -0.2) is 4.98 Å². The molecule has 4 rings (SSSR count). The van der Waals surface area contributed by atoms with Gasteiger partial charge in [0.05, 0.1) is 25.3 Å². The van der Waals surface area contributed by atoms with Crippen LogP contribution in [0.4, 0.5) is 5.82 Å². The lowest BCUT2D eigenvalue weighted by molar-refractivity contribution is 0.365. The number of rotatable bonds is 7. The molecule has 0 aliphatic rings. The van der Waals surface area contributed by atoms with Crippen LogP contribution in [0.5, 0.6) is 11.5 Å². The number of pyridine rings is 1. The fourth-order valence-corrected chi connectivity index (χ4v) is 3.43. The highest BCUT2D eigenvalue weighted by Gasteiger charge is 2.18. The van der Waals surface area contributed by atoms with Gasteiger partial charge in [0.1, 0.15) is 17.3 Å². The molecule has 0 spiro atoms. The van der Waals surface area contributed by atoms with E-state index in [9.17, 15) is 0 Å². The molecular weight excluding hydrogens is 392 g/mol. The molecule has 0 saturated heterocycles. The Labute approximate surface area is 181 Å². The molecule has 7 heteroatoms. The number of hydrogen-bond donors (Lipinski definition) is 1. The van der Waals surface area contributed by atoms with Crippen LogP contribution >= 0.6 is 0 Å². The van der Waals surface area contributed by atoms with Crippen LogP contribution in [0, 0.1) is 6.92 Å². The van der Waals surface area contributed by atoms with Crippen molar-refractivity contribution in [2.75, 3.05) is 19.5 Å². The van der Waals surface area contributed by atoms with E-state index in [2.05, 4.69) is 34.5 Å². The van der Waals surface area contributed by atoms with Crippen molar-refractivity contribution in [2.24, 2.45) is 0 Å². The molecule has 0 aliphatic carbocycles. The lowest BCUT2D eigenvalue weighted by atomic mass is 10.1. The summed E-state index contributed by atoms with van der Waals surface area (Å²) in [7, 11) is 3.30. The van der Waals surface area contributed by atoms with Gasteiger partial charge in [0.2, 0.25) is 11.7 Å². The average molecular weight is 418 g/mol. The number of hydrogen-bond acceptors (Lipinski definition) is 7. The molecule has 0 aliphatic heterocycles. The number of methoxy groups -OCH3 is 2. The molecule has 0 saturated carbocycles. The highest BCUT2D eigenvalue weighted by Crippen LogP contribution is 2.32. The van der Waals surface area contributed by atoms with E-state index in [4.69, 9.17) is 19.0 Å². The minimum atomic E-state index is 0.148. The number of ether oxygens (including phenoxy) is 2. The van der Waals surface area contributed by atoms with Gasteiger partial charge in [0.15, 0.2) is 0 Å². The predicted molar refractivity (Wildman–Crippen MR) is 121 cm³/mol. The molecule has 0 bridgehead atoms. The third-order valence-electron chi connectivity index (χ3n) is 5.16. The number of fused-ring (bicyclic) bond motifs is 1. The SMILES string of the molecule is COc1ccc(OC)c(CNc2nc3c(C)cccc3cc2-c2noc(C(C)C)n2)c1. The van der Waals surface area contributed by atoms with E-state index in [-0.39, 0.29) is 5.92 Å². The first-order valence-corrected chi connectivity index (χ1v) is 10.2. The van der Waals surface area contributed by atoms with Crippen molar-refractivity contribution in [3.05, 3.63) is 59.5 Å². The third kappa shape index (κ3) is 4.17. The molecule has 2 aromatic heterocycles. The van der Waals surface area contributed by atoms with Crippen LogP contribution in [0.15, 0.2) is 47.0 Å². The van der Waals surface area contributed by atoms with E-state index >= 15 is 0 Å². The number of aryl methyl sites for hydroxylation is 1. The molecule has 7 nitrogen and oxygen atoms in total. The first kappa shape index (κ1) is 20.7. The van der Waals surface area contributed by atoms with Crippen LogP contribution in [-0.2, 0) is 6.54 Å². The van der Waals surface area contributed by atoms with Gasteiger partial charge in [-0.1, -0.05) is 37.2 Å². The lowest BCUT2D eigenvalue weighted by Crippen LogP contribution is -2.06. The van der Waals surface area contributed by atoms with Crippen molar-refractivity contribution in [1.82, 2.24) is 15.1 Å². The maximum atomic E-state index is 5.51. The van der Waals surface area contributed by atoms with Crippen molar-refractivity contribution in [3.63, 3.8) is 0 Å². The molecule has 0 fully saturated rings. The summed E-state index contributed by atoms with van der Waals surface area (Å²) in [6.07, 6.45) is 0. The normalized spacial score (nSPS) is 11.2. The molecule has 31 heavy (non-hydrogen) atoms. The molecule has 0 amide bonds. The number of benzene rings is 2. The summed E-state index contributed by atoms with van der Waals surface area (Å²) in [6.45, 7) is 6.59. The molecule has 0 unspecified atom stereocenters. The molecule has 0 radical (unpaired) electrons. The topological polar surface area (TPSA) is 82.3 Å². The van der Waals surface area contributed by atoms with Crippen LogP contribution in [-0.4, -0.2) is 29.3 Å². The van der Waals surface area contributed by atoms with Gasteiger partial charge in [-0.2, -0.15) is 4.98 Å². The molecule has 2 heterocycles. The van der Waals surface area contributed by atoms with E-state index in [1.54, 1.807) is 14.2 Å². The highest BCUT2D eigenvalue weighted by molar-refractivity contribution is 5.89. The Morgan fingerprint density at radius 2 is 1.87 bits per heavy atom. The summed E-state index contributed by atoms with van der Waals surface area (Å²) in [5.41, 5.74) is 3.77. The van der Waals surface area contributed by atoms with E-state index in [1.807, 2.05) is 44.2 Å². The summed E-state index contributed by atoms with van der Waals surface area (Å²) in [6, 6.07) is 13.9. The number of anilines is 1. The Morgan fingerprint density at radius 3 is 2.58 bits per heavy atom.